The van der Waals surface area contributed by atoms with Crippen molar-refractivity contribution in [3.05, 3.63) is 17.0 Å². The Balaban J connectivity index is 2.14. The second-order valence-corrected chi connectivity index (χ2v) is 8.29. The number of thiophene rings is 1. The van der Waals surface area contributed by atoms with Gasteiger partial charge in [-0.25, -0.2) is 8.42 Å². The van der Waals surface area contributed by atoms with Crippen LogP contribution in [0.5, 0.6) is 0 Å². The minimum absolute atomic E-state index is 0.136. The van der Waals surface area contributed by atoms with Gasteiger partial charge >= 0.3 is 0 Å². The van der Waals surface area contributed by atoms with Crippen molar-refractivity contribution >= 4 is 21.4 Å². The average molecular weight is 303 g/mol. The Kier molecular flexibility index (Phi) is 5.00. The van der Waals surface area contributed by atoms with E-state index in [9.17, 15) is 8.42 Å². The highest BCUT2D eigenvalue weighted by molar-refractivity contribution is 7.91. The van der Waals surface area contributed by atoms with Gasteiger partial charge in [-0.3, -0.25) is 0 Å². The molecule has 0 radical (unpaired) electrons. The number of aliphatic hydroxyl groups excluding tert-OH is 1. The topological polar surface area (TPSA) is 57.6 Å². The second kappa shape index (κ2) is 6.35. The molecule has 1 fully saturated rings. The summed E-state index contributed by atoms with van der Waals surface area (Å²) in [6, 6.07) is 3.61. The molecule has 6 heteroatoms. The van der Waals surface area contributed by atoms with Gasteiger partial charge in [0, 0.05) is 24.6 Å². The first-order valence-corrected chi connectivity index (χ1v) is 9.03. The maximum Gasteiger partial charge on any atom is 0.252 e. The zero-order valence-corrected chi connectivity index (χ0v) is 12.8. The molecule has 0 spiro atoms. The van der Waals surface area contributed by atoms with Crippen molar-refractivity contribution in [3.8, 4) is 0 Å². The molecule has 1 atom stereocenters. The molecule has 2 rings (SSSR count). The van der Waals surface area contributed by atoms with Gasteiger partial charge in [0.2, 0.25) is 0 Å². The fourth-order valence-electron chi connectivity index (χ4n) is 2.48. The molecule has 2 heterocycles. The molecule has 19 heavy (non-hydrogen) atoms. The predicted octanol–water partition coefficient (Wildman–Crippen LogP) is 2.09. The van der Waals surface area contributed by atoms with Crippen molar-refractivity contribution in [1.82, 2.24) is 4.31 Å². The highest BCUT2D eigenvalue weighted by atomic mass is 32.2. The largest absolute Gasteiger partial charge is 0.396 e. The molecule has 0 bridgehead atoms. The number of hydrogen-bond acceptors (Lipinski definition) is 4. The van der Waals surface area contributed by atoms with Gasteiger partial charge in [-0.05, 0) is 43.7 Å². The molecule has 1 aliphatic rings. The van der Waals surface area contributed by atoms with Gasteiger partial charge in [-0.15, -0.1) is 11.3 Å². The Bertz CT molecular complexity index is 508. The highest BCUT2D eigenvalue weighted by Gasteiger charge is 2.30. The zero-order chi connectivity index (χ0) is 13.9. The van der Waals surface area contributed by atoms with Crippen LogP contribution in [0, 0.1) is 5.92 Å². The summed E-state index contributed by atoms with van der Waals surface area (Å²) in [6.45, 7) is 3.31. The summed E-state index contributed by atoms with van der Waals surface area (Å²) in [5.74, 6) is 0.291. The molecular formula is C13H21NO3S2. The van der Waals surface area contributed by atoms with E-state index in [0.29, 0.717) is 29.6 Å². The first-order valence-electron chi connectivity index (χ1n) is 6.77. The van der Waals surface area contributed by atoms with Crippen LogP contribution in [-0.2, 0) is 16.4 Å². The van der Waals surface area contributed by atoms with Gasteiger partial charge < -0.3 is 5.11 Å². The zero-order valence-electron chi connectivity index (χ0n) is 11.2. The summed E-state index contributed by atoms with van der Waals surface area (Å²) in [7, 11) is -3.33. The van der Waals surface area contributed by atoms with Crippen molar-refractivity contribution in [3.63, 3.8) is 0 Å². The standard InChI is InChI=1S/C13H21NO3S2/c1-2-12-5-6-13(18-12)19(16,17)14-8-3-4-11(10-14)7-9-15/h5-6,11,15H,2-4,7-10H2,1H3. The van der Waals surface area contributed by atoms with Gasteiger partial charge in [-0.1, -0.05) is 6.92 Å². The van der Waals surface area contributed by atoms with Crippen LogP contribution in [0.15, 0.2) is 16.3 Å². The maximum atomic E-state index is 12.5. The van der Waals surface area contributed by atoms with Gasteiger partial charge in [-0.2, -0.15) is 4.31 Å². The van der Waals surface area contributed by atoms with Gasteiger partial charge in [0.25, 0.3) is 10.0 Å². The number of piperidine rings is 1. The molecule has 0 amide bonds. The Morgan fingerprint density at radius 3 is 2.89 bits per heavy atom. The van der Waals surface area contributed by atoms with Crippen LogP contribution in [-0.4, -0.2) is 37.5 Å². The van der Waals surface area contributed by atoms with Gasteiger partial charge in [0.05, 0.1) is 0 Å². The van der Waals surface area contributed by atoms with Crippen molar-refractivity contribution in [2.45, 2.75) is 36.8 Å². The highest BCUT2D eigenvalue weighted by Crippen LogP contribution is 2.29. The molecule has 1 aliphatic heterocycles. The Morgan fingerprint density at radius 1 is 1.47 bits per heavy atom. The monoisotopic (exact) mass is 303 g/mol. The molecule has 4 nitrogen and oxygen atoms in total. The van der Waals surface area contributed by atoms with Gasteiger partial charge in [0.1, 0.15) is 4.21 Å². The SMILES string of the molecule is CCc1ccc(S(=O)(=O)N2CCCC(CCO)C2)s1. The molecule has 1 aromatic rings. The molecule has 0 aliphatic carbocycles. The van der Waals surface area contributed by atoms with Crippen LogP contribution in [0.1, 0.15) is 31.1 Å². The summed E-state index contributed by atoms with van der Waals surface area (Å²) in [5.41, 5.74) is 0. The van der Waals surface area contributed by atoms with E-state index in [4.69, 9.17) is 5.11 Å². The Morgan fingerprint density at radius 2 is 2.26 bits per heavy atom. The molecule has 0 aromatic carbocycles. The minimum atomic E-state index is -3.33. The smallest absolute Gasteiger partial charge is 0.252 e. The van der Waals surface area contributed by atoms with E-state index in [-0.39, 0.29) is 6.61 Å². The van der Waals surface area contributed by atoms with Crippen LogP contribution < -0.4 is 0 Å². The van der Waals surface area contributed by atoms with Crippen molar-refractivity contribution in [2.75, 3.05) is 19.7 Å². The van der Waals surface area contributed by atoms with E-state index in [2.05, 4.69) is 0 Å². The van der Waals surface area contributed by atoms with Crippen LogP contribution in [0.4, 0.5) is 0 Å². The number of rotatable bonds is 5. The molecule has 1 saturated heterocycles. The lowest BCUT2D eigenvalue weighted by Crippen LogP contribution is -2.39. The fraction of sp³-hybridized carbons (Fsp3) is 0.692. The average Bonchev–Trinajstić information content (AvgIpc) is 2.89. The molecule has 1 unspecified atom stereocenters. The second-order valence-electron chi connectivity index (χ2n) is 4.96. The van der Waals surface area contributed by atoms with E-state index < -0.39 is 10.0 Å². The first kappa shape index (κ1) is 15.0. The van der Waals surface area contributed by atoms with E-state index in [0.717, 1.165) is 24.1 Å². The third-order valence-corrected chi connectivity index (χ3v) is 7.16. The molecule has 1 aromatic heterocycles. The van der Waals surface area contributed by atoms with Crippen LogP contribution >= 0.6 is 11.3 Å². The summed E-state index contributed by atoms with van der Waals surface area (Å²) < 4.78 is 27.1. The summed E-state index contributed by atoms with van der Waals surface area (Å²) in [4.78, 5) is 1.10. The number of aryl methyl sites for hydroxylation is 1. The summed E-state index contributed by atoms with van der Waals surface area (Å²) in [5, 5.41) is 8.99. The van der Waals surface area contributed by atoms with Crippen LogP contribution in [0.2, 0.25) is 0 Å². The van der Waals surface area contributed by atoms with E-state index in [1.165, 1.54) is 11.3 Å². The van der Waals surface area contributed by atoms with Crippen LogP contribution in [0.25, 0.3) is 0 Å². The number of aliphatic hydroxyl groups is 1. The van der Waals surface area contributed by atoms with Crippen molar-refractivity contribution in [1.29, 1.82) is 0 Å². The van der Waals surface area contributed by atoms with E-state index in [1.54, 1.807) is 10.4 Å². The predicted molar refractivity (Wildman–Crippen MR) is 76.9 cm³/mol. The molecule has 0 saturated carbocycles. The maximum absolute atomic E-state index is 12.5. The van der Waals surface area contributed by atoms with Crippen molar-refractivity contribution in [2.24, 2.45) is 5.92 Å². The van der Waals surface area contributed by atoms with Gasteiger partial charge in [0.15, 0.2) is 0 Å². The Hall–Kier alpha value is -0.430. The third-order valence-electron chi connectivity index (χ3n) is 3.60. The normalized spacial score (nSPS) is 21.7. The quantitative estimate of drug-likeness (QED) is 0.906. The molecular weight excluding hydrogens is 282 g/mol. The molecule has 108 valence electrons. The summed E-state index contributed by atoms with van der Waals surface area (Å²) in [6.07, 6.45) is 3.46. The Labute approximate surface area is 119 Å². The molecule has 1 N–H and O–H groups in total. The minimum Gasteiger partial charge on any atom is -0.396 e. The van der Waals surface area contributed by atoms with E-state index in [1.807, 2.05) is 13.0 Å². The first-order chi connectivity index (χ1) is 9.07. The number of hydrogen-bond donors (Lipinski definition) is 1. The third kappa shape index (κ3) is 3.37. The fourth-order valence-corrected chi connectivity index (χ4v) is 5.48. The lowest BCUT2D eigenvalue weighted by atomic mass is 9.97. The number of sulfonamides is 1. The lowest BCUT2D eigenvalue weighted by Gasteiger charge is -2.31. The summed E-state index contributed by atoms with van der Waals surface area (Å²) >= 11 is 1.37. The van der Waals surface area contributed by atoms with E-state index >= 15 is 0 Å². The van der Waals surface area contributed by atoms with Crippen LogP contribution in [0.3, 0.4) is 0 Å². The van der Waals surface area contributed by atoms with Crippen molar-refractivity contribution < 1.29 is 13.5 Å². The lowest BCUT2D eigenvalue weighted by molar-refractivity contribution is 0.203. The number of nitrogens with zero attached hydrogens (tertiary/aromatic N) is 1.